The molecular formula is C23H25ClF2N6O2S. The number of pyridine rings is 1. The monoisotopic (exact) mass is 522 g/mol. The zero-order valence-electron chi connectivity index (χ0n) is 18.9. The Morgan fingerprint density at radius 2 is 1.94 bits per heavy atom. The molecular weight excluding hydrogens is 498 g/mol. The highest BCUT2D eigenvalue weighted by atomic mass is 35.5. The van der Waals surface area contributed by atoms with Crippen molar-refractivity contribution in [3.8, 4) is 11.5 Å². The van der Waals surface area contributed by atoms with E-state index in [-0.39, 0.29) is 12.4 Å². The molecule has 0 spiro atoms. The van der Waals surface area contributed by atoms with Crippen LogP contribution in [-0.4, -0.2) is 60.8 Å². The largest absolute Gasteiger partial charge is 0.415 e. The zero-order chi connectivity index (χ0) is 24.4. The van der Waals surface area contributed by atoms with E-state index in [2.05, 4.69) is 20.1 Å². The first-order chi connectivity index (χ1) is 17.0. The van der Waals surface area contributed by atoms with Gasteiger partial charge in [0.1, 0.15) is 0 Å². The Morgan fingerprint density at radius 3 is 2.54 bits per heavy atom. The van der Waals surface area contributed by atoms with E-state index in [0.717, 1.165) is 31.9 Å². The number of anilines is 1. The lowest BCUT2D eigenvalue weighted by atomic mass is 9.91. The van der Waals surface area contributed by atoms with Crippen LogP contribution in [0.2, 0.25) is 5.02 Å². The Morgan fingerprint density at radius 1 is 1.14 bits per heavy atom. The molecule has 1 aliphatic carbocycles. The third-order valence-electron chi connectivity index (χ3n) is 6.37. The smallest absolute Gasteiger partial charge is 0.314 e. The van der Waals surface area contributed by atoms with Crippen molar-refractivity contribution in [1.29, 1.82) is 0 Å². The SMILES string of the molecule is O=S(N1CCN(C2CCC2)CC1)N(Cc1ccc(-c2nnc(C(F)F)o2)cn1)c1cccc(Cl)c1. The molecule has 186 valence electrons. The molecule has 1 aliphatic heterocycles. The average Bonchev–Trinajstić information content (AvgIpc) is 3.33. The van der Waals surface area contributed by atoms with Crippen LogP contribution in [0.25, 0.3) is 11.5 Å². The maximum atomic E-state index is 13.7. The van der Waals surface area contributed by atoms with Gasteiger partial charge in [0.25, 0.3) is 5.89 Å². The summed E-state index contributed by atoms with van der Waals surface area (Å²) in [4.78, 5) is 6.93. The van der Waals surface area contributed by atoms with Crippen LogP contribution < -0.4 is 4.31 Å². The Hall–Kier alpha value is -2.47. The van der Waals surface area contributed by atoms with Gasteiger partial charge in [-0.15, -0.1) is 10.2 Å². The highest BCUT2D eigenvalue weighted by Crippen LogP contribution is 2.28. The maximum Gasteiger partial charge on any atom is 0.314 e. The fourth-order valence-corrected chi connectivity index (χ4v) is 5.69. The standard InChI is InChI=1S/C23H25ClF2N6O2S/c24-17-3-1-6-20(13-17)32(35(33)31-11-9-30(10-12-31)19-4-2-5-19)15-18-8-7-16(14-27-18)22-28-29-23(34-22)21(25)26/h1,3,6-8,13-14,19,21H,2,4-5,9-12,15H2. The first-order valence-corrected chi connectivity index (χ1v) is 12.9. The third kappa shape index (κ3) is 5.53. The number of rotatable bonds is 8. The second kappa shape index (κ2) is 10.7. The quantitative estimate of drug-likeness (QED) is 0.434. The number of halogens is 3. The van der Waals surface area contributed by atoms with E-state index in [0.29, 0.717) is 22.3 Å². The summed E-state index contributed by atoms with van der Waals surface area (Å²) >= 11 is 4.79. The molecule has 0 bridgehead atoms. The van der Waals surface area contributed by atoms with Crippen molar-refractivity contribution in [1.82, 2.24) is 24.4 Å². The van der Waals surface area contributed by atoms with Gasteiger partial charge >= 0.3 is 6.43 Å². The van der Waals surface area contributed by atoms with Gasteiger partial charge in [-0.05, 0) is 43.2 Å². The predicted molar refractivity (Wildman–Crippen MR) is 129 cm³/mol. The summed E-state index contributed by atoms with van der Waals surface area (Å²) in [7, 11) is 0. The van der Waals surface area contributed by atoms with Crippen molar-refractivity contribution >= 4 is 28.5 Å². The van der Waals surface area contributed by atoms with Crippen LogP contribution in [0.15, 0.2) is 47.0 Å². The van der Waals surface area contributed by atoms with Gasteiger partial charge in [0.15, 0.2) is 11.2 Å². The number of piperazine rings is 1. The Kier molecular flexibility index (Phi) is 7.37. The lowest BCUT2D eigenvalue weighted by Gasteiger charge is -2.43. The number of hydrogen-bond acceptors (Lipinski definition) is 6. The Labute approximate surface area is 209 Å². The van der Waals surface area contributed by atoms with Crippen molar-refractivity contribution in [3.63, 3.8) is 0 Å². The van der Waals surface area contributed by atoms with Crippen molar-refractivity contribution in [2.45, 2.75) is 38.3 Å². The van der Waals surface area contributed by atoms with Crippen molar-refractivity contribution in [3.05, 3.63) is 59.2 Å². The van der Waals surface area contributed by atoms with Crippen LogP contribution in [0.3, 0.4) is 0 Å². The first-order valence-electron chi connectivity index (χ1n) is 11.5. The molecule has 12 heteroatoms. The topological polar surface area (TPSA) is 78.6 Å². The van der Waals surface area contributed by atoms with Gasteiger partial charge in [0.2, 0.25) is 5.89 Å². The van der Waals surface area contributed by atoms with Crippen molar-refractivity contribution in [2.75, 3.05) is 30.5 Å². The van der Waals surface area contributed by atoms with E-state index in [1.807, 2.05) is 16.4 Å². The normalized spacial score (nSPS) is 18.5. The third-order valence-corrected chi connectivity index (χ3v) is 8.13. The van der Waals surface area contributed by atoms with Crippen LogP contribution >= 0.6 is 11.6 Å². The summed E-state index contributed by atoms with van der Waals surface area (Å²) in [5, 5.41) is 7.55. The number of benzene rings is 1. The highest BCUT2D eigenvalue weighted by Gasteiger charge is 2.31. The second-order valence-corrected chi connectivity index (χ2v) is 10.4. The number of alkyl halides is 2. The van der Waals surface area contributed by atoms with Crippen LogP contribution in [0, 0.1) is 0 Å². The predicted octanol–water partition coefficient (Wildman–Crippen LogP) is 4.48. The van der Waals surface area contributed by atoms with E-state index < -0.39 is 23.5 Å². The second-order valence-electron chi connectivity index (χ2n) is 8.58. The van der Waals surface area contributed by atoms with Crippen LogP contribution in [0.5, 0.6) is 0 Å². The molecule has 1 saturated heterocycles. The van der Waals surface area contributed by atoms with Gasteiger partial charge in [-0.3, -0.25) is 14.2 Å². The lowest BCUT2D eigenvalue weighted by Crippen LogP contribution is -2.54. The van der Waals surface area contributed by atoms with Gasteiger partial charge in [0, 0.05) is 43.4 Å². The van der Waals surface area contributed by atoms with E-state index >= 15 is 0 Å². The first kappa shape index (κ1) is 24.2. The summed E-state index contributed by atoms with van der Waals surface area (Å²) in [6.07, 6.45) is 2.46. The molecule has 1 saturated carbocycles. The molecule has 2 aliphatic rings. The molecule has 3 heterocycles. The Bertz CT molecular complexity index is 1170. The molecule has 5 rings (SSSR count). The fourth-order valence-electron chi connectivity index (χ4n) is 4.22. The van der Waals surface area contributed by atoms with E-state index in [1.54, 1.807) is 28.6 Å². The van der Waals surface area contributed by atoms with E-state index in [1.165, 1.54) is 25.5 Å². The number of hydrogen-bond donors (Lipinski definition) is 0. The van der Waals surface area contributed by atoms with Crippen molar-refractivity contribution in [2.24, 2.45) is 0 Å². The fraction of sp³-hybridized carbons (Fsp3) is 0.435. The molecule has 2 aromatic heterocycles. The zero-order valence-corrected chi connectivity index (χ0v) is 20.5. The minimum atomic E-state index is -2.83. The minimum Gasteiger partial charge on any atom is -0.415 e. The van der Waals surface area contributed by atoms with Crippen LogP contribution in [-0.2, 0) is 17.7 Å². The van der Waals surface area contributed by atoms with Gasteiger partial charge in [0.05, 0.1) is 23.5 Å². The number of nitrogens with zero attached hydrogens (tertiary/aromatic N) is 6. The van der Waals surface area contributed by atoms with Crippen LogP contribution in [0.1, 0.15) is 37.3 Å². The molecule has 2 fully saturated rings. The van der Waals surface area contributed by atoms with E-state index in [9.17, 15) is 13.0 Å². The summed E-state index contributed by atoms with van der Waals surface area (Å²) < 4.78 is 47.9. The van der Waals surface area contributed by atoms with Gasteiger partial charge < -0.3 is 4.42 Å². The molecule has 0 N–H and O–H groups in total. The molecule has 35 heavy (non-hydrogen) atoms. The minimum absolute atomic E-state index is 0.0287. The summed E-state index contributed by atoms with van der Waals surface area (Å²) in [6.45, 7) is 3.50. The molecule has 8 nitrogen and oxygen atoms in total. The molecule has 0 radical (unpaired) electrons. The maximum absolute atomic E-state index is 13.7. The molecule has 3 aromatic rings. The molecule has 1 aromatic carbocycles. The summed E-state index contributed by atoms with van der Waals surface area (Å²) in [5.74, 6) is -0.761. The highest BCUT2D eigenvalue weighted by molar-refractivity contribution is 7.84. The summed E-state index contributed by atoms with van der Waals surface area (Å²) in [6, 6.07) is 11.3. The summed E-state index contributed by atoms with van der Waals surface area (Å²) in [5.41, 5.74) is 1.79. The van der Waals surface area contributed by atoms with Crippen molar-refractivity contribution < 1.29 is 17.4 Å². The van der Waals surface area contributed by atoms with E-state index in [4.69, 9.17) is 16.0 Å². The average molecular weight is 523 g/mol. The lowest BCUT2D eigenvalue weighted by molar-refractivity contribution is 0.0904. The van der Waals surface area contributed by atoms with Gasteiger partial charge in [-0.2, -0.15) is 8.78 Å². The molecule has 1 atom stereocenters. The Balaban J connectivity index is 1.32. The van der Waals surface area contributed by atoms with Gasteiger partial charge in [-0.25, -0.2) is 8.51 Å². The van der Waals surface area contributed by atoms with Crippen LogP contribution in [0.4, 0.5) is 14.5 Å². The molecule has 0 amide bonds. The number of aromatic nitrogens is 3. The molecule has 1 unspecified atom stereocenters. The van der Waals surface area contributed by atoms with Gasteiger partial charge in [-0.1, -0.05) is 24.1 Å².